The Bertz CT molecular complexity index is 949. The minimum atomic E-state index is -0.228. The van der Waals surface area contributed by atoms with Crippen LogP contribution in [0.2, 0.25) is 0 Å². The largest absolute Gasteiger partial charge is 0.495 e. The molecule has 0 N–H and O–H groups in total. The Kier molecular flexibility index (Phi) is 3.82. The molecule has 3 rings (SSSR count). The van der Waals surface area contributed by atoms with Gasteiger partial charge in [-0.05, 0) is 19.9 Å². The van der Waals surface area contributed by atoms with E-state index in [1.165, 1.54) is 33.0 Å². The molecule has 0 aliphatic carbocycles. The molecule has 0 radical (unpaired) electrons. The predicted molar refractivity (Wildman–Crippen MR) is 88.1 cm³/mol. The van der Waals surface area contributed by atoms with Crippen molar-refractivity contribution >= 4 is 28.2 Å². The molecular formula is C17H17NO5. The van der Waals surface area contributed by atoms with E-state index >= 15 is 0 Å². The molecule has 0 aliphatic rings. The van der Waals surface area contributed by atoms with E-state index in [9.17, 15) is 4.79 Å². The first-order valence-electron chi connectivity index (χ1n) is 7.18. The monoisotopic (exact) mass is 315 g/mol. The van der Waals surface area contributed by atoms with Crippen LogP contribution in [0.15, 0.2) is 37.2 Å². The van der Waals surface area contributed by atoms with Gasteiger partial charge >= 0.3 is 0 Å². The summed E-state index contributed by atoms with van der Waals surface area (Å²) in [6, 6.07) is 1.81. The summed E-state index contributed by atoms with van der Waals surface area (Å²) in [5.74, 6) is 0.767. The number of furan rings is 1. The van der Waals surface area contributed by atoms with Crippen LogP contribution < -0.4 is 14.9 Å². The van der Waals surface area contributed by atoms with Crippen molar-refractivity contribution < 1.29 is 18.3 Å². The molecule has 0 aliphatic heterocycles. The van der Waals surface area contributed by atoms with Gasteiger partial charge < -0.3 is 18.3 Å². The summed E-state index contributed by atoms with van der Waals surface area (Å²) < 4.78 is 21.9. The van der Waals surface area contributed by atoms with Crippen molar-refractivity contribution in [2.45, 2.75) is 19.9 Å². The Hall–Kier alpha value is -2.76. The maximum Gasteiger partial charge on any atom is 0.206 e. The molecule has 6 nitrogen and oxygen atoms in total. The molecule has 0 amide bonds. The average Bonchev–Trinajstić information content (AvgIpc) is 3.01. The number of ether oxygens (including phenoxy) is 2. The second-order valence-electron chi connectivity index (χ2n) is 5.33. The van der Waals surface area contributed by atoms with Gasteiger partial charge in [0.05, 0.1) is 31.4 Å². The topological polar surface area (TPSA) is 74.2 Å². The molecule has 3 aromatic rings. The van der Waals surface area contributed by atoms with Crippen molar-refractivity contribution in [1.82, 2.24) is 0 Å². The zero-order valence-corrected chi connectivity index (χ0v) is 13.4. The highest BCUT2D eigenvalue weighted by molar-refractivity contribution is 6.07. The van der Waals surface area contributed by atoms with Crippen LogP contribution in [-0.2, 0) is 0 Å². The van der Waals surface area contributed by atoms with Crippen molar-refractivity contribution in [3.8, 4) is 11.5 Å². The Morgan fingerprint density at radius 2 is 1.87 bits per heavy atom. The molecule has 120 valence electrons. The smallest absolute Gasteiger partial charge is 0.206 e. The van der Waals surface area contributed by atoms with E-state index in [1.54, 1.807) is 6.07 Å². The Balaban J connectivity index is 2.44. The first-order chi connectivity index (χ1) is 11.1. The van der Waals surface area contributed by atoms with Crippen LogP contribution in [0.1, 0.15) is 19.4 Å². The lowest BCUT2D eigenvalue weighted by atomic mass is 10.1. The first-order valence-corrected chi connectivity index (χ1v) is 7.18. The van der Waals surface area contributed by atoms with Crippen LogP contribution in [0, 0.1) is 0 Å². The summed E-state index contributed by atoms with van der Waals surface area (Å²) in [7, 11) is 3.00. The van der Waals surface area contributed by atoms with Gasteiger partial charge in [-0.2, -0.15) is 0 Å². The lowest BCUT2D eigenvalue weighted by Crippen LogP contribution is -2.10. The minimum absolute atomic E-state index is 0.0814. The highest BCUT2D eigenvalue weighted by atomic mass is 16.5. The summed E-state index contributed by atoms with van der Waals surface area (Å²) >= 11 is 0. The van der Waals surface area contributed by atoms with E-state index in [2.05, 4.69) is 4.99 Å². The Labute approximate surface area is 132 Å². The fourth-order valence-corrected chi connectivity index (χ4v) is 2.47. The molecule has 6 heteroatoms. The van der Waals surface area contributed by atoms with Crippen LogP contribution in [0.4, 0.5) is 0 Å². The standard InChI is InChI=1S/C17H17NO5/c1-9(2)18-7-10-8-23-16-12(13(10)19)14(20-3)11-5-6-22-15(11)17(16)21-4/h5-9H,1-4H3. The zero-order valence-electron chi connectivity index (χ0n) is 13.4. The highest BCUT2D eigenvalue weighted by Gasteiger charge is 2.22. The molecule has 2 heterocycles. The third-order valence-corrected chi connectivity index (χ3v) is 3.49. The van der Waals surface area contributed by atoms with Gasteiger partial charge in [-0.1, -0.05) is 0 Å². The van der Waals surface area contributed by atoms with Crippen molar-refractivity contribution in [2.24, 2.45) is 4.99 Å². The number of hydrogen-bond donors (Lipinski definition) is 0. The number of nitrogens with zero attached hydrogens (tertiary/aromatic N) is 1. The number of methoxy groups -OCH3 is 2. The van der Waals surface area contributed by atoms with E-state index in [1.807, 2.05) is 13.8 Å². The third kappa shape index (κ3) is 2.36. The van der Waals surface area contributed by atoms with E-state index in [4.69, 9.17) is 18.3 Å². The molecule has 0 saturated carbocycles. The highest BCUT2D eigenvalue weighted by Crippen LogP contribution is 2.41. The van der Waals surface area contributed by atoms with Gasteiger partial charge in [-0.25, -0.2) is 0 Å². The molecule has 23 heavy (non-hydrogen) atoms. The fourth-order valence-electron chi connectivity index (χ4n) is 2.47. The van der Waals surface area contributed by atoms with Crippen LogP contribution in [0.3, 0.4) is 0 Å². The van der Waals surface area contributed by atoms with Crippen molar-refractivity contribution in [1.29, 1.82) is 0 Å². The van der Waals surface area contributed by atoms with Gasteiger partial charge in [-0.15, -0.1) is 0 Å². The van der Waals surface area contributed by atoms with Gasteiger partial charge in [0.25, 0.3) is 0 Å². The number of rotatable bonds is 4. The van der Waals surface area contributed by atoms with E-state index < -0.39 is 0 Å². The third-order valence-electron chi connectivity index (χ3n) is 3.49. The lowest BCUT2D eigenvalue weighted by Gasteiger charge is -2.10. The van der Waals surface area contributed by atoms with E-state index in [0.29, 0.717) is 39.0 Å². The maximum absolute atomic E-state index is 12.8. The Morgan fingerprint density at radius 1 is 1.13 bits per heavy atom. The van der Waals surface area contributed by atoms with E-state index in [-0.39, 0.29) is 11.5 Å². The van der Waals surface area contributed by atoms with Crippen LogP contribution >= 0.6 is 0 Å². The van der Waals surface area contributed by atoms with Crippen molar-refractivity contribution in [3.05, 3.63) is 34.4 Å². The molecular weight excluding hydrogens is 298 g/mol. The molecule has 0 bridgehead atoms. The molecule has 0 saturated heterocycles. The predicted octanol–water partition coefficient (Wildman–Crippen LogP) is 3.38. The second kappa shape index (κ2) is 5.79. The summed E-state index contributed by atoms with van der Waals surface area (Å²) in [4.78, 5) is 17.1. The molecule has 2 aromatic heterocycles. The number of aliphatic imine (C=N–C) groups is 1. The minimum Gasteiger partial charge on any atom is -0.495 e. The quantitative estimate of drug-likeness (QED) is 0.690. The van der Waals surface area contributed by atoms with Crippen LogP contribution in [-0.4, -0.2) is 26.5 Å². The van der Waals surface area contributed by atoms with Gasteiger partial charge in [0, 0.05) is 12.3 Å². The Morgan fingerprint density at radius 3 is 2.52 bits per heavy atom. The average molecular weight is 315 g/mol. The van der Waals surface area contributed by atoms with Crippen molar-refractivity contribution in [3.63, 3.8) is 0 Å². The lowest BCUT2D eigenvalue weighted by molar-refractivity contribution is 0.400. The van der Waals surface area contributed by atoms with Crippen LogP contribution in [0.25, 0.3) is 21.9 Å². The number of fused-ring (bicyclic) bond motifs is 2. The number of hydrogen-bond acceptors (Lipinski definition) is 6. The van der Waals surface area contributed by atoms with Gasteiger partial charge in [0.15, 0.2) is 11.2 Å². The van der Waals surface area contributed by atoms with E-state index in [0.717, 1.165) is 0 Å². The second-order valence-corrected chi connectivity index (χ2v) is 5.33. The van der Waals surface area contributed by atoms with Gasteiger partial charge in [0.1, 0.15) is 17.4 Å². The fraction of sp³-hybridized carbons (Fsp3) is 0.294. The first kappa shape index (κ1) is 15.1. The normalized spacial score (nSPS) is 11.9. The molecule has 0 fully saturated rings. The summed E-state index contributed by atoms with van der Waals surface area (Å²) in [5, 5.41) is 0.966. The summed E-state index contributed by atoms with van der Waals surface area (Å²) in [6.45, 7) is 3.86. The molecule has 0 atom stereocenters. The zero-order chi connectivity index (χ0) is 16.6. The van der Waals surface area contributed by atoms with Crippen LogP contribution in [0.5, 0.6) is 11.5 Å². The maximum atomic E-state index is 12.8. The summed E-state index contributed by atoms with van der Waals surface area (Å²) in [5.41, 5.74) is 0.894. The van der Waals surface area contributed by atoms with Gasteiger partial charge in [-0.3, -0.25) is 9.79 Å². The molecule has 0 spiro atoms. The summed E-state index contributed by atoms with van der Waals surface area (Å²) in [6.07, 6.45) is 4.40. The SMILES string of the molecule is COc1c2occc2c(OC)c2c(=O)c(C=NC(C)C)coc12. The molecule has 1 aromatic carbocycles. The van der Waals surface area contributed by atoms with Gasteiger partial charge in [0.2, 0.25) is 11.2 Å². The van der Waals surface area contributed by atoms with Crippen molar-refractivity contribution in [2.75, 3.05) is 14.2 Å². The number of benzene rings is 1. The molecule has 0 unspecified atom stereocenters.